The number of alkyl carbamates (subject to hydrolysis) is 1. The minimum Gasteiger partial charge on any atom is -0.458 e. The lowest BCUT2D eigenvalue weighted by molar-refractivity contribution is -0.190. The highest BCUT2D eigenvalue weighted by Gasteiger charge is 2.56. The molecule has 1 aromatic carbocycles. The zero-order chi connectivity index (χ0) is 35.2. The average Bonchev–Trinajstić information content (AvgIpc) is 3.33. The van der Waals surface area contributed by atoms with Gasteiger partial charge in [-0.2, -0.15) is 0 Å². The van der Waals surface area contributed by atoms with Crippen molar-refractivity contribution in [2.24, 2.45) is 0 Å². The second kappa shape index (κ2) is 12.8. The number of carbonyl (C=O) groups excluding carboxylic acids is 4. The van der Waals surface area contributed by atoms with E-state index < -0.39 is 49.0 Å². The Hall–Kier alpha value is -4.52. The number of aromatic nitrogens is 2. The van der Waals surface area contributed by atoms with Gasteiger partial charge in [-0.3, -0.25) is 14.4 Å². The Bertz CT molecular complexity index is 1880. The molecule has 256 valence electrons. The van der Waals surface area contributed by atoms with Crippen LogP contribution in [0.15, 0.2) is 35.1 Å². The molecule has 3 aromatic rings. The lowest BCUT2D eigenvalue weighted by Gasteiger charge is -2.43. The summed E-state index contributed by atoms with van der Waals surface area (Å²) >= 11 is 0. The van der Waals surface area contributed by atoms with Gasteiger partial charge in [-0.25, -0.2) is 14.6 Å². The molecular formula is C35H43N3O9Si. The molecule has 1 amide bonds. The fourth-order valence-electron chi connectivity index (χ4n) is 6.57. The molecule has 0 bridgehead atoms. The highest BCUT2D eigenvalue weighted by atomic mass is 28.3. The van der Waals surface area contributed by atoms with E-state index in [9.17, 15) is 24.0 Å². The van der Waals surface area contributed by atoms with Crippen LogP contribution in [0.3, 0.4) is 0 Å². The average molecular weight is 678 g/mol. The van der Waals surface area contributed by atoms with Gasteiger partial charge in [0.1, 0.15) is 25.2 Å². The predicted octanol–water partition coefficient (Wildman–Crippen LogP) is 5.67. The first-order valence-electron chi connectivity index (χ1n) is 16.3. The number of fused-ring (bicyclic) bond motifs is 5. The van der Waals surface area contributed by atoms with E-state index in [1.54, 1.807) is 56.5 Å². The van der Waals surface area contributed by atoms with Crippen LogP contribution in [0.2, 0.25) is 19.1 Å². The van der Waals surface area contributed by atoms with Crippen LogP contribution in [-0.2, 0) is 40.7 Å². The quantitative estimate of drug-likeness (QED) is 0.102. The van der Waals surface area contributed by atoms with Crippen LogP contribution in [0.5, 0.6) is 5.75 Å². The third kappa shape index (κ3) is 6.60. The summed E-state index contributed by atoms with van der Waals surface area (Å²) in [7, 11) is -2.38. The van der Waals surface area contributed by atoms with Crippen molar-refractivity contribution in [2.45, 2.75) is 103 Å². The summed E-state index contributed by atoms with van der Waals surface area (Å²) < 4.78 is 24.3. The van der Waals surface area contributed by atoms with Crippen molar-refractivity contribution in [1.82, 2.24) is 14.9 Å². The molecule has 0 saturated heterocycles. The second-order valence-corrected chi connectivity index (χ2v) is 19.1. The zero-order valence-corrected chi connectivity index (χ0v) is 29.8. The highest BCUT2D eigenvalue weighted by molar-refractivity contribution is 6.78. The summed E-state index contributed by atoms with van der Waals surface area (Å²) in [6.45, 7) is 14.6. The van der Waals surface area contributed by atoms with E-state index in [4.69, 9.17) is 23.9 Å². The largest absolute Gasteiger partial charge is 0.458 e. The van der Waals surface area contributed by atoms with Crippen LogP contribution < -0.4 is 15.6 Å². The number of benzene rings is 1. The van der Waals surface area contributed by atoms with Gasteiger partial charge in [0.05, 0.1) is 35.4 Å². The fourth-order valence-corrected chi connectivity index (χ4v) is 9.61. The number of nitrogens with zero attached hydrogens (tertiary/aromatic N) is 2. The Labute approximate surface area is 280 Å². The molecule has 0 aliphatic carbocycles. The number of carbonyl (C=O) groups is 4. The minimum atomic E-state index is -2.38. The van der Waals surface area contributed by atoms with Gasteiger partial charge in [0.2, 0.25) is 5.60 Å². The van der Waals surface area contributed by atoms with Crippen molar-refractivity contribution >= 4 is 43.0 Å². The standard InChI is InChI=1S/C35H43N3O9Si/c1-9-15-48(7,8)31-28-24(35(10-2,32(42)45-31)46-27(40)13-14-36-33(43)47-34(4,5)6)18-26-29-22(19-38(26)30(28)41)16-21-17-23(44-20(3)39)11-12-25(21)37-29/h11-12,16-18,31H,9-10,13-15,19H2,1-8H3,(H,36,43). The normalized spacial score (nSPS) is 18.3. The topological polar surface area (TPSA) is 152 Å². The van der Waals surface area contributed by atoms with Gasteiger partial charge in [-0.15, -0.1) is 0 Å². The zero-order valence-electron chi connectivity index (χ0n) is 28.8. The molecule has 2 aliphatic heterocycles. The summed E-state index contributed by atoms with van der Waals surface area (Å²) in [5, 5.41) is 3.27. The SMILES string of the molecule is CCC[Si](C)(C)C1OC(=O)C(CC)(OC(=O)CCNC(=O)OC(C)(C)C)c2cc3n(c(=O)c21)Cc1cc2cc(OC(C)=O)ccc2nc1-3. The summed E-state index contributed by atoms with van der Waals surface area (Å²) in [5.74, 6) is -1.52. The minimum absolute atomic E-state index is 0.0202. The Morgan fingerprint density at radius 3 is 2.50 bits per heavy atom. The molecule has 5 rings (SSSR count). The molecule has 0 radical (unpaired) electrons. The van der Waals surface area contributed by atoms with E-state index in [1.165, 1.54) is 6.92 Å². The van der Waals surface area contributed by atoms with Crippen molar-refractivity contribution < 1.29 is 38.1 Å². The number of rotatable bonds is 9. The van der Waals surface area contributed by atoms with Gasteiger partial charge in [0, 0.05) is 30.0 Å². The lowest BCUT2D eigenvalue weighted by atomic mass is 9.85. The maximum Gasteiger partial charge on any atom is 0.407 e. The van der Waals surface area contributed by atoms with E-state index in [0.29, 0.717) is 33.8 Å². The Kier molecular flexibility index (Phi) is 9.30. The van der Waals surface area contributed by atoms with Crippen LogP contribution in [0.1, 0.15) is 83.2 Å². The summed E-state index contributed by atoms with van der Waals surface area (Å²) in [4.78, 5) is 70.4. The molecule has 13 heteroatoms. The highest BCUT2D eigenvalue weighted by Crippen LogP contribution is 2.47. The fraction of sp³-hybridized carbons (Fsp3) is 0.486. The number of ether oxygens (including phenoxy) is 4. The Morgan fingerprint density at radius 1 is 1.12 bits per heavy atom. The molecule has 12 nitrogen and oxygen atoms in total. The number of pyridine rings is 2. The smallest absolute Gasteiger partial charge is 0.407 e. The molecule has 2 unspecified atom stereocenters. The van der Waals surface area contributed by atoms with Gasteiger partial charge in [-0.05, 0) is 57.5 Å². The molecule has 2 aliphatic rings. The van der Waals surface area contributed by atoms with Gasteiger partial charge >= 0.3 is 24.0 Å². The monoisotopic (exact) mass is 677 g/mol. The molecule has 2 aromatic heterocycles. The van der Waals surface area contributed by atoms with E-state index >= 15 is 0 Å². The Balaban J connectivity index is 1.59. The van der Waals surface area contributed by atoms with Crippen molar-refractivity contribution in [3.05, 3.63) is 57.4 Å². The van der Waals surface area contributed by atoms with Crippen LogP contribution in [0, 0.1) is 0 Å². The third-order valence-corrected chi connectivity index (χ3v) is 12.3. The molecule has 48 heavy (non-hydrogen) atoms. The van der Waals surface area contributed by atoms with Gasteiger partial charge in [-0.1, -0.05) is 39.4 Å². The van der Waals surface area contributed by atoms with Crippen molar-refractivity contribution in [2.75, 3.05) is 6.54 Å². The lowest BCUT2D eigenvalue weighted by Crippen LogP contribution is -2.53. The molecule has 0 fully saturated rings. The molecule has 0 saturated carbocycles. The molecule has 0 spiro atoms. The maximum atomic E-state index is 14.6. The summed E-state index contributed by atoms with van der Waals surface area (Å²) in [6, 6.07) is 9.59. The molecule has 2 atom stereocenters. The van der Waals surface area contributed by atoms with Crippen molar-refractivity contribution in [3.63, 3.8) is 0 Å². The van der Waals surface area contributed by atoms with Crippen LogP contribution in [0.4, 0.5) is 4.79 Å². The maximum absolute atomic E-state index is 14.6. The third-order valence-electron chi connectivity index (χ3n) is 8.67. The predicted molar refractivity (Wildman–Crippen MR) is 180 cm³/mol. The summed E-state index contributed by atoms with van der Waals surface area (Å²) in [5.41, 5.74) is -0.528. The number of hydrogen-bond acceptors (Lipinski definition) is 10. The van der Waals surface area contributed by atoms with E-state index in [2.05, 4.69) is 25.3 Å². The number of cyclic esters (lactones) is 1. The number of esters is 3. The van der Waals surface area contributed by atoms with Gasteiger partial charge in [0.15, 0.2) is 0 Å². The first kappa shape index (κ1) is 34.8. The van der Waals surface area contributed by atoms with Crippen molar-refractivity contribution in [3.8, 4) is 17.1 Å². The number of hydrogen-bond donors (Lipinski definition) is 1. The second-order valence-electron chi connectivity index (χ2n) is 14.0. The Morgan fingerprint density at radius 2 is 1.85 bits per heavy atom. The molecular weight excluding hydrogens is 634 g/mol. The van der Waals surface area contributed by atoms with E-state index in [0.717, 1.165) is 23.4 Å². The van der Waals surface area contributed by atoms with Gasteiger partial charge < -0.3 is 28.8 Å². The first-order valence-corrected chi connectivity index (χ1v) is 19.6. The van der Waals surface area contributed by atoms with Crippen molar-refractivity contribution in [1.29, 1.82) is 0 Å². The van der Waals surface area contributed by atoms with E-state index in [1.807, 2.05) is 6.07 Å². The van der Waals surface area contributed by atoms with E-state index in [-0.39, 0.29) is 31.5 Å². The van der Waals surface area contributed by atoms with Crippen LogP contribution in [-0.4, -0.2) is 53.8 Å². The summed E-state index contributed by atoms with van der Waals surface area (Å²) in [6.07, 6.45) is -0.0469. The first-order chi connectivity index (χ1) is 22.5. The molecule has 1 N–H and O–H groups in total. The number of amides is 1. The van der Waals surface area contributed by atoms with Crippen LogP contribution in [0.25, 0.3) is 22.3 Å². The van der Waals surface area contributed by atoms with Crippen LogP contribution >= 0.6 is 0 Å². The van der Waals surface area contributed by atoms with Gasteiger partial charge in [0.25, 0.3) is 5.56 Å². The number of nitrogens with one attached hydrogen (secondary N) is 1. The molecule has 4 heterocycles.